The monoisotopic (exact) mass is 183 g/mol. The summed E-state index contributed by atoms with van der Waals surface area (Å²) < 4.78 is 0. The summed E-state index contributed by atoms with van der Waals surface area (Å²) in [4.78, 5) is 0. The lowest BCUT2D eigenvalue weighted by molar-refractivity contribution is 0.291. The van der Waals surface area contributed by atoms with Gasteiger partial charge in [0.25, 0.3) is 0 Å². The topological polar surface area (TPSA) is 72.7 Å². The molecule has 0 fully saturated rings. The maximum atomic E-state index is 9.33. The lowest BCUT2D eigenvalue weighted by Crippen LogP contribution is -2.17. The van der Waals surface area contributed by atoms with Crippen LogP contribution in [0.4, 0.5) is 0 Å². The Kier molecular flexibility index (Phi) is 3.54. The number of rotatable bonds is 4. The van der Waals surface area contributed by atoms with Crippen LogP contribution < -0.4 is 5.32 Å². The Morgan fingerprint density at radius 2 is 1.77 bits per heavy atom. The van der Waals surface area contributed by atoms with Crippen LogP contribution >= 0.6 is 0 Å². The minimum atomic E-state index is 0.0361. The molecular formula is C9H13NO3. The van der Waals surface area contributed by atoms with E-state index in [1.807, 2.05) is 0 Å². The number of aromatic hydroxyl groups is 2. The molecule has 0 bridgehead atoms. The molecule has 0 amide bonds. The molecule has 72 valence electrons. The first-order chi connectivity index (χ1) is 6.25. The molecule has 0 saturated heterocycles. The molecule has 1 rings (SSSR count). The van der Waals surface area contributed by atoms with Gasteiger partial charge in [-0.25, -0.2) is 0 Å². The van der Waals surface area contributed by atoms with E-state index in [4.69, 9.17) is 5.11 Å². The Morgan fingerprint density at radius 3 is 2.31 bits per heavy atom. The molecule has 4 heteroatoms. The minimum absolute atomic E-state index is 0.0361. The molecule has 0 unspecified atom stereocenters. The molecule has 1 aromatic rings. The molecule has 0 aromatic heterocycles. The Bertz CT molecular complexity index is 255. The third-order valence-electron chi connectivity index (χ3n) is 1.72. The first-order valence-corrected chi connectivity index (χ1v) is 4.07. The highest BCUT2D eigenvalue weighted by atomic mass is 16.3. The number of hydrogen-bond acceptors (Lipinski definition) is 4. The first kappa shape index (κ1) is 9.83. The lowest BCUT2D eigenvalue weighted by Gasteiger charge is -2.07. The van der Waals surface area contributed by atoms with Crippen molar-refractivity contribution in [3.05, 3.63) is 23.8 Å². The van der Waals surface area contributed by atoms with Gasteiger partial charge in [-0.05, 0) is 12.1 Å². The number of phenolic OH excluding ortho intramolecular Hbond substituents is 2. The van der Waals surface area contributed by atoms with Crippen molar-refractivity contribution in [2.45, 2.75) is 6.54 Å². The third kappa shape index (κ3) is 2.61. The summed E-state index contributed by atoms with van der Waals surface area (Å²) >= 11 is 0. The maximum Gasteiger partial charge on any atom is 0.123 e. The van der Waals surface area contributed by atoms with E-state index in [1.165, 1.54) is 12.1 Å². The fraction of sp³-hybridized carbons (Fsp3) is 0.333. The smallest absolute Gasteiger partial charge is 0.123 e. The van der Waals surface area contributed by atoms with E-state index >= 15 is 0 Å². The molecule has 0 atom stereocenters. The van der Waals surface area contributed by atoms with E-state index in [1.54, 1.807) is 6.07 Å². The molecule has 1 aromatic carbocycles. The van der Waals surface area contributed by atoms with Gasteiger partial charge in [0, 0.05) is 18.7 Å². The van der Waals surface area contributed by atoms with Crippen molar-refractivity contribution >= 4 is 0 Å². The largest absolute Gasteiger partial charge is 0.507 e. The first-order valence-electron chi connectivity index (χ1n) is 4.07. The molecule has 13 heavy (non-hydrogen) atoms. The van der Waals surface area contributed by atoms with Gasteiger partial charge in [-0.1, -0.05) is 6.07 Å². The molecule has 0 heterocycles. The molecule has 0 saturated carbocycles. The zero-order chi connectivity index (χ0) is 9.68. The van der Waals surface area contributed by atoms with E-state index in [0.29, 0.717) is 18.7 Å². The van der Waals surface area contributed by atoms with Crippen molar-refractivity contribution in [1.29, 1.82) is 0 Å². The van der Waals surface area contributed by atoms with Gasteiger partial charge >= 0.3 is 0 Å². The van der Waals surface area contributed by atoms with Crippen LogP contribution in [0, 0.1) is 0 Å². The number of nitrogens with one attached hydrogen (secondary N) is 1. The number of benzene rings is 1. The molecule has 0 spiro atoms. The Labute approximate surface area is 76.5 Å². The summed E-state index contributed by atoms with van der Waals surface area (Å²) in [6, 6.07) is 4.59. The highest BCUT2D eigenvalue weighted by molar-refractivity contribution is 5.42. The summed E-state index contributed by atoms with van der Waals surface area (Å²) in [5.74, 6) is 0.121. The summed E-state index contributed by atoms with van der Waals surface area (Å²) in [6.45, 7) is 0.821. The van der Waals surface area contributed by atoms with E-state index in [9.17, 15) is 10.2 Å². The number of aliphatic hydroxyl groups is 1. The molecule has 4 N–H and O–H groups in total. The molecular weight excluding hydrogens is 170 g/mol. The Balaban J connectivity index is 2.64. The highest BCUT2D eigenvalue weighted by Crippen LogP contribution is 2.25. The van der Waals surface area contributed by atoms with Crippen LogP contribution in [0.5, 0.6) is 11.5 Å². The van der Waals surface area contributed by atoms with Gasteiger partial charge in [0.2, 0.25) is 0 Å². The van der Waals surface area contributed by atoms with Gasteiger partial charge in [0.15, 0.2) is 0 Å². The standard InChI is InChI=1S/C9H13NO3/c11-5-4-10-6-7-8(12)2-1-3-9(7)13/h1-3,10-13H,4-6H2. The van der Waals surface area contributed by atoms with E-state index in [-0.39, 0.29) is 18.1 Å². The van der Waals surface area contributed by atoms with Gasteiger partial charge in [-0.2, -0.15) is 0 Å². The van der Waals surface area contributed by atoms with Crippen molar-refractivity contribution < 1.29 is 15.3 Å². The average Bonchev–Trinajstić information content (AvgIpc) is 2.10. The minimum Gasteiger partial charge on any atom is -0.507 e. The van der Waals surface area contributed by atoms with Crippen LogP contribution in [0.3, 0.4) is 0 Å². The second kappa shape index (κ2) is 4.69. The quantitative estimate of drug-likeness (QED) is 0.502. The molecule has 0 aliphatic heterocycles. The maximum absolute atomic E-state index is 9.33. The van der Waals surface area contributed by atoms with Crippen LogP contribution in [-0.4, -0.2) is 28.5 Å². The van der Waals surface area contributed by atoms with Gasteiger partial charge in [0.1, 0.15) is 11.5 Å². The summed E-state index contributed by atoms with van der Waals surface area (Å²) in [5, 5.41) is 30.0. The second-order valence-electron chi connectivity index (χ2n) is 2.68. The van der Waals surface area contributed by atoms with Crippen LogP contribution in [0.1, 0.15) is 5.56 Å². The van der Waals surface area contributed by atoms with Crippen LogP contribution in [0.25, 0.3) is 0 Å². The van der Waals surface area contributed by atoms with Gasteiger partial charge in [-0.3, -0.25) is 0 Å². The van der Waals surface area contributed by atoms with Crippen molar-refractivity contribution in [1.82, 2.24) is 5.32 Å². The number of aliphatic hydroxyl groups excluding tert-OH is 1. The third-order valence-corrected chi connectivity index (χ3v) is 1.72. The normalized spacial score (nSPS) is 10.2. The summed E-state index contributed by atoms with van der Waals surface area (Å²) in [5.41, 5.74) is 0.455. The fourth-order valence-electron chi connectivity index (χ4n) is 1.04. The van der Waals surface area contributed by atoms with Gasteiger partial charge < -0.3 is 20.6 Å². The Hall–Kier alpha value is -1.26. The predicted molar refractivity (Wildman–Crippen MR) is 48.6 cm³/mol. The number of phenols is 2. The zero-order valence-electron chi connectivity index (χ0n) is 7.20. The summed E-state index contributed by atoms with van der Waals surface area (Å²) in [6.07, 6.45) is 0. The zero-order valence-corrected chi connectivity index (χ0v) is 7.20. The van der Waals surface area contributed by atoms with Gasteiger partial charge in [0.05, 0.1) is 6.61 Å². The highest BCUT2D eigenvalue weighted by Gasteiger charge is 2.04. The van der Waals surface area contributed by atoms with Crippen LogP contribution in [0.15, 0.2) is 18.2 Å². The second-order valence-corrected chi connectivity index (χ2v) is 2.68. The van der Waals surface area contributed by atoms with Crippen molar-refractivity contribution in [2.24, 2.45) is 0 Å². The molecule has 0 radical (unpaired) electrons. The predicted octanol–water partition coefficient (Wildman–Crippen LogP) is 0.180. The summed E-state index contributed by atoms with van der Waals surface area (Å²) in [7, 11) is 0. The van der Waals surface area contributed by atoms with E-state index in [2.05, 4.69) is 5.32 Å². The molecule has 0 aliphatic rings. The van der Waals surface area contributed by atoms with Crippen molar-refractivity contribution in [3.63, 3.8) is 0 Å². The Morgan fingerprint density at radius 1 is 1.15 bits per heavy atom. The lowest BCUT2D eigenvalue weighted by atomic mass is 10.2. The SMILES string of the molecule is OCCNCc1c(O)cccc1O. The fourth-order valence-corrected chi connectivity index (χ4v) is 1.04. The van der Waals surface area contributed by atoms with Crippen molar-refractivity contribution in [2.75, 3.05) is 13.2 Å². The average molecular weight is 183 g/mol. The van der Waals surface area contributed by atoms with E-state index < -0.39 is 0 Å². The van der Waals surface area contributed by atoms with Crippen LogP contribution in [0.2, 0.25) is 0 Å². The number of hydrogen-bond donors (Lipinski definition) is 4. The van der Waals surface area contributed by atoms with Gasteiger partial charge in [-0.15, -0.1) is 0 Å². The van der Waals surface area contributed by atoms with E-state index in [0.717, 1.165) is 0 Å². The van der Waals surface area contributed by atoms with Crippen molar-refractivity contribution in [3.8, 4) is 11.5 Å². The molecule has 4 nitrogen and oxygen atoms in total. The molecule has 0 aliphatic carbocycles. The van der Waals surface area contributed by atoms with Crippen LogP contribution in [-0.2, 0) is 6.54 Å².